The first-order chi connectivity index (χ1) is 29.1. The molecule has 0 unspecified atom stereocenters. The zero-order chi connectivity index (χ0) is 45.3. The van der Waals surface area contributed by atoms with Crippen LogP contribution in [0.15, 0.2) is 128 Å². The molecule has 330 valence electrons. The van der Waals surface area contributed by atoms with E-state index < -0.39 is 0 Å². The van der Waals surface area contributed by atoms with Crippen LogP contribution in [0.5, 0.6) is 0 Å². The maximum absolute atomic E-state index is 11.3. The molecule has 0 saturated carbocycles. The Morgan fingerprint density at radius 2 is 0.937 bits per heavy atom. The van der Waals surface area contributed by atoms with Crippen LogP contribution in [0.2, 0.25) is 0 Å². The average Bonchev–Trinajstić information content (AvgIpc) is 3.84. The number of fused-ring (bicyclic) bond motifs is 2. The van der Waals surface area contributed by atoms with Crippen LogP contribution < -0.4 is 0 Å². The topological polar surface area (TPSA) is 95.6 Å². The van der Waals surface area contributed by atoms with E-state index in [-0.39, 0.29) is 59.8 Å². The van der Waals surface area contributed by atoms with Crippen LogP contribution in [0.25, 0.3) is 39.5 Å². The Bertz CT molecular complexity index is 2400. The zero-order valence-corrected chi connectivity index (χ0v) is 41.6. The number of aryl methyl sites for hydroxylation is 1. The monoisotopic (exact) mass is 1020 g/mol. The van der Waals surface area contributed by atoms with Crippen molar-refractivity contribution in [2.45, 2.75) is 119 Å². The molecule has 9 heteroatoms. The summed E-state index contributed by atoms with van der Waals surface area (Å²) < 4.78 is 0. The molecule has 0 fully saturated rings. The maximum atomic E-state index is 11.3. The van der Waals surface area contributed by atoms with Gasteiger partial charge in [0.15, 0.2) is 0 Å². The van der Waals surface area contributed by atoms with E-state index in [2.05, 4.69) is 145 Å². The third kappa shape index (κ3) is 15.1. The summed E-state index contributed by atoms with van der Waals surface area (Å²) in [6.07, 6.45) is 5.22. The molecular formula is C54H66IrN6O2+3. The van der Waals surface area contributed by atoms with Gasteiger partial charge in [-0.15, -0.1) is 20.4 Å². The minimum atomic E-state index is -0.0630. The van der Waals surface area contributed by atoms with Crippen molar-refractivity contribution in [2.75, 3.05) is 0 Å². The summed E-state index contributed by atoms with van der Waals surface area (Å²) in [5.74, 6) is -0.0488. The number of benzene rings is 5. The predicted octanol–water partition coefficient (Wildman–Crippen LogP) is 13.1. The first-order valence-electron chi connectivity index (χ1n) is 21.7. The van der Waals surface area contributed by atoms with Gasteiger partial charge in [-0.05, 0) is 119 Å². The minimum absolute atomic E-state index is 0. The third-order valence-electron chi connectivity index (χ3n) is 10.6. The molecule has 0 radical (unpaired) electrons. The Kier molecular flexibility index (Phi) is 17.0. The molecule has 5 aromatic carbocycles. The number of carbonyl (C=O) groups is 2. The summed E-state index contributed by atoms with van der Waals surface area (Å²) in [5.41, 5.74) is 11.4. The van der Waals surface area contributed by atoms with Gasteiger partial charge in [0.2, 0.25) is 0 Å². The molecule has 0 atom stereocenters. The van der Waals surface area contributed by atoms with E-state index in [1.165, 1.54) is 18.1 Å². The van der Waals surface area contributed by atoms with Gasteiger partial charge < -0.3 is 0 Å². The van der Waals surface area contributed by atoms with E-state index in [9.17, 15) is 9.59 Å². The van der Waals surface area contributed by atoms with Gasteiger partial charge in [0, 0.05) is 6.42 Å². The number of aromatic nitrogens is 6. The third-order valence-corrected chi connectivity index (χ3v) is 10.6. The number of ketones is 2. The van der Waals surface area contributed by atoms with Crippen LogP contribution in [-0.2, 0) is 46.9 Å². The number of nitrogens with zero attached hydrogens (tertiary/aromatic N) is 6. The molecule has 2 heterocycles. The van der Waals surface area contributed by atoms with Gasteiger partial charge in [0.1, 0.15) is 33.6 Å². The molecule has 0 N–H and O–H groups in total. The first kappa shape index (κ1) is 50.3. The second-order valence-corrected chi connectivity index (χ2v) is 20.2. The van der Waals surface area contributed by atoms with Crippen molar-refractivity contribution in [2.24, 2.45) is 10.8 Å². The molecule has 0 spiro atoms. The van der Waals surface area contributed by atoms with E-state index in [0.717, 1.165) is 57.4 Å². The molecule has 7 rings (SSSR count). The van der Waals surface area contributed by atoms with Crippen LogP contribution >= 0.6 is 0 Å². The Hall–Kier alpha value is -5.37. The summed E-state index contributed by atoms with van der Waals surface area (Å²) in [7, 11) is 0. The fourth-order valence-electron chi connectivity index (χ4n) is 8.38. The molecule has 0 saturated heterocycles. The predicted molar refractivity (Wildman–Crippen MR) is 257 cm³/mol. The second-order valence-electron chi connectivity index (χ2n) is 20.2. The quantitative estimate of drug-likeness (QED) is 0.113. The molecule has 7 aromatic rings. The van der Waals surface area contributed by atoms with Crippen LogP contribution in [0.3, 0.4) is 0 Å². The van der Waals surface area contributed by atoms with Gasteiger partial charge in [0.25, 0.3) is 0 Å². The number of rotatable bonds is 12. The van der Waals surface area contributed by atoms with E-state index in [1.807, 2.05) is 72.8 Å². The van der Waals surface area contributed by atoms with Gasteiger partial charge >= 0.3 is 20.1 Å². The van der Waals surface area contributed by atoms with Crippen molar-refractivity contribution >= 4 is 39.7 Å². The molecule has 8 nitrogen and oxygen atoms in total. The number of Topliss-reactive ketones (excluding diaryl/α,β-unsaturated/α-hetero) is 2. The van der Waals surface area contributed by atoms with Crippen LogP contribution in [0, 0.1) is 10.8 Å². The zero-order valence-electron chi connectivity index (χ0n) is 39.2. The van der Waals surface area contributed by atoms with Crippen molar-refractivity contribution in [3.05, 3.63) is 150 Å². The largest absolute Gasteiger partial charge is 3.00 e. The molecule has 0 aliphatic heterocycles. The van der Waals surface area contributed by atoms with Crippen LogP contribution in [0.4, 0.5) is 0 Å². The number of hydrogen-bond donors (Lipinski definition) is 0. The Labute approximate surface area is 388 Å². The molecular weight excluding hydrogens is 957 g/mol. The van der Waals surface area contributed by atoms with Crippen molar-refractivity contribution in [1.82, 2.24) is 30.0 Å². The number of carbonyl (C=O) groups excluding carboxylic acids is 2. The van der Waals surface area contributed by atoms with Crippen LogP contribution in [0.1, 0.15) is 124 Å². The van der Waals surface area contributed by atoms with Crippen LogP contribution in [-0.4, -0.2) is 41.6 Å². The SMILES string of the molecule is C=Cc1ccc(CCC(=O)CC(C)=O)cc1.CC(C)(C)CC(C)(C)c1cccc(-n2nc3ccccc3n2)c1.CC(C)(C)CC(C)(C)c1cccc(-n2nc3ccccc3n2)c1.[Ir+3]. The van der Waals surface area contributed by atoms with E-state index in [4.69, 9.17) is 0 Å². The summed E-state index contributed by atoms with van der Waals surface area (Å²) >= 11 is 0. The summed E-state index contributed by atoms with van der Waals surface area (Å²) in [5, 5.41) is 18.3. The molecule has 0 amide bonds. The van der Waals surface area contributed by atoms with Gasteiger partial charge in [0.05, 0.1) is 17.8 Å². The van der Waals surface area contributed by atoms with Gasteiger partial charge in [-0.1, -0.05) is 155 Å². The van der Waals surface area contributed by atoms with Crippen molar-refractivity contribution in [1.29, 1.82) is 0 Å². The molecule has 63 heavy (non-hydrogen) atoms. The standard InChI is InChI=1S/2C20H25N3.C14H16O2.Ir/c2*1-19(2,3)14-20(4,5)15-9-8-10-16(13-15)23-21-17-11-6-7-12-18(17)22-23;1-3-12-4-6-13(7-5-12)8-9-14(16)10-11(2)15;/h2*6-13H,14H2,1-5H3;3-7H,1,8-10H2,2H3;/q;;;+3. The summed E-state index contributed by atoms with van der Waals surface area (Å²) in [4.78, 5) is 25.5. The van der Waals surface area contributed by atoms with E-state index in [0.29, 0.717) is 12.8 Å². The van der Waals surface area contributed by atoms with E-state index >= 15 is 0 Å². The van der Waals surface area contributed by atoms with Gasteiger partial charge in [-0.25, -0.2) is 0 Å². The van der Waals surface area contributed by atoms with Crippen molar-refractivity contribution < 1.29 is 29.7 Å². The molecule has 2 aromatic heterocycles. The fraction of sp³-hybridized carbons (Fsp3) is 0.370. The average molecular weight is 1020 g/mol. The normalized spacial score (nSPS) is 11.8. The van der Waals surface area contributed by atoms with E-state index in [1.54, 1.807) is 15.7 Å². The Morgan fingerprint density at radius 3 is 1.27 bits per heavy atom. The molecule has 0 aliphatic rings. The second kappa shape index (κ2) is 21.3. The fourth-order valence-corrected chi connectivity index (χ4v) is 8.38. The maximum Gasteiger partial charge on any atom is 3.00 e. The first-order valence-corrected chi connectivity index (χ1v) is 21.7. The number of hydrogen-bond acceptors (Lipinski definition) is 6. The Morgan fingerprint density at radius 1 is 0.556 bits per heavy atom. The Balaban J connectivity index is 0.000000210. The molecule has 0 bridgehead atoms. The smallest absolute Gasteiger partial charge is 0.300 e. The van der Waals surface area contributed by atoms with Gasteiger partial charge in [-0.2, -0.15) is 9.59 Å². The summed E-state index contributed by atoms with van der Waals surface area (Å²) in [6.45, 7) is 28.1. The molecule has 0 aliphatic carbocycles. The summed E-state index contributed by atoms with van der Waals surface area (Å²) in [6, 6.07) is 41.0. The minimum Gasteiger partial charge on any atom is -0.300 e. The van der Waals surface area contributed by atoms with Gasteiger partial charge in [-0.3, -0.25) is 9.59 Å². The van der Waals surface area contributed by atoms with Crippen molar-refractivity contribution in [3.8, 4) is 11.4 Å². The van der Waals surface area contributed by atoms with Crippen molar-refractivity contribution in [3.63, 3.8) is 0 Å².